The van der Waals surface area contributed by atoms with E-state index in [1.165, 1.54) is 20.8 Å². The van der Waals surface area contributed by atoms with Crippen LogP contribution in [0.5, 0.6) is 0 Å². The summed E-state index contributed by atoms with van der Waals surface area (Å²) in [5.41, 5.74) is 0. The second-order valence-corrected chi connectivity index (χ2v) is 8.08. The number of ether oxygens (including phenoxy) is 5. The third-order valence-electron chi connectivity index (χ3n) is 4.75. The molecular weight excluding hydrogens is 436 g/mol. The summed E-state index contributed by atoms with van der Waals surface area (Å²) in [5.74, 6) is -1.64. The summed E-state index contributed by atoms with van der Waals surface area (Å²) in [5, 5.41) is 5.59. The summed E-state index contributed by atoms with van der Waals surface area (Å²) < 4.78 is 28.0. The van der Waals surface area contributed by atoms with E-state index >= 15 is 0 Å². The van der Waals surface area contributed by atoms with Crippen LogP contribution in [-0.2, 0) is 42.9 Å². The highest BCUT2D eigenvalue weighted by atomic mass is 16.8. The standard InChI is InChI=1S/C22H38N2O9/c1-7-29-18-17(24-14(4)25)21(30-12-10-8-9-11-23-20(28)13(2)3)33-22(32-16(6)27)19(18)31-15(5)26/h13,17-19,21-22H,7-12H2,1-6H3,(H,23,28)(H,24,25)/t17-,18-,19-,21-,22+/m1/s1. The molecule has 5 atom stereocenters. The smallest absolute Gasteiger partial charge is 0.305 e. The molecule has 190 valence electrons. The zero-order chi connectivity index (χ0) is 25.0. The first-order valence-corrected chi connectivity index (χ1v) is 11.3. The number of esters is 2. The van der Waals surface area contributed by atoms with Gasteiger partial charge in [0.2, 0.25) is 18.1 Å². The molecule has 1 fully saturated rings. The summed E-state index contributed by atoms with van der Waals surface area (Å²) in [6.45, 7) is 10.3. The van der Waals surface area contributed by atoms with Gasteiger partial charge in [0.15, 0.2) is 12.4 Å². The highest BCUT2D eigenvalue weighted by Gasteiger charge is 2.51. The molecule has 1 aliphatic heterocycles. The van der Waals surface area contributed by atoms with E-state index in [-0.39, 0.29) is 24.3 Å². The van der Waals surface area contributed by atoms with Gasteiger partial charge in [-0.3, -0.25) is 19.2 Å². The first-order chi connectivity index (χ1) is 15.6. The van der Waals surface area contributed by atoms with Gasteiger partial charge in [-0.15, -0.1) is 0 Å². The first-order valence-electron chi connectivity index (χ1n) is 11.3. The van der Waals surface area contributed by atoms with Crippen LogP contribution in [0.4, 0.5) is 0 Å². The molecule has 0 unspecified atom stereocenters. The van der Waals surface area contributed by atoms with Gasteiger partial charge in [-0.05, 0) is 26.2 Å². The van der Waals surface area contributed by atoms with E-state index in [0.29, 0.717) is 19.6 Å². The molecule has 0 radical (unpaired) electrons. The third kappa shape index (κ3) is 10.5. The van der Waals surface area contributed by atoms with Crippen LogP contribution in [0.25, 0.3) is 0 Å². The maximum Gasteiger partial charge on any atom is 0.305 e. The summed E-state index contributed by atoms with van der Waals surface area (Å²) in [6.07, 6.45) is -1.95. The lowest BCUT2D eigenvalue weighted by Gasteiger charge is -2.44. The Bertz CT molecular complexity index is 656. The average molecular weight is 475 g/mol. The monoisotopic (exact) mass is 474 g/mol. The van der Waals surface area contributed by atoms with Crippen molar-refractivity contribution in [3.05, 3.63) is 0 Å². The van der Waals surface area contributed by atoms with E-state index in [1.54, 1.807) is 6.92 Å². The number of carbonyl (C=O) groups excluding carboxylic acids is 4. The fourth-order valence-corrected chi connectivity index (χ4v) is 3.32. The summed E-state index contributed by atoms with van der Waals surface area (Å²) >= 11 is 0. The topological polar surface area (TPSA) is 138 Å². The lowest BCUT2D eigenvalue weighted by atomic mass is 10.00. The molecule has 0 aliphatic carbocycles. The van der Waals surface area contributed by atoms with Gasteiger partial charge in [0.1, 0.15) is 12.1 Å². The Morgan fingerprint density at radius 3 is 2.09 bits per heavy atom. The van der Waals surface area contributed by atoms with E-state index < -0.39 is 42.8 Å². The maximum atomic E-state index is 11.8. The Hall–Kier alpha value is -2.24. The first kappa shape index (κ1) is 28.8. The van der Waals surface area contributed by atoms with Crippen molar-refractivity contribution < 1.29 is 42.9 Å². The molecule has 1 aliphatic rings. The zero-order valence-corrected chi connectivity index (χ0v) is 20.4. The molecule has 1 saturated heterocycles. The van der Waals surface area contributed by atoms with Crippen LogP contribution in [0.1, 0.15) is 60.8 Å². The minimum atomic E-state index is -1.26. The van der Waals surface area contributed by atoms with Gasteiger partial charge in [-0.1, -0.05) is 13.8 Å². The van der Waals surface area contributed by atoms with E-state index in [2.05, 4.69) is 10.6 Å². The molecule has 2 N–H and O–H groups in total. The number of amides is 2. The van der Waals surface area contributed by atoms with Crippen LogP contribution in [0.2, 0.25) is 0 Å². The zero-order valence-electron chi connectivity index (χ0n) is 20.4. The van der Waals surface area contributed by atoms with Crippen molar-refractivity contribution in [2.45, 2.75) is 91.6 Å². The summed E-state index contributed by atoms with van der Waals surface area (Å²) in [6, 6.07) is -0.802. The van der Waals surface area contributed by atoms with Crippen LogP contribution >= 0.6 is 0 Å². The van der Waals surface area contributed by atoms with Gasteiger partial charge < -0.3 is 34.3 Å². The SMILES string of the molecule is CCO[C@@H]1[C@@H](NC(C)=O)[C@H](OCCCCCNC(=O)C(C)C)O[C@H](OC(C)=O)[C@@H]1OC(C)=O. The Balaban J connectivity index is 2.81. The summed E-state index contributed by atoms with van der Waals surface area (Å²) in [4.78, 5) is 46.7. The lowest BCUT2D eigenvalue weighted by Crippen LogP contribution is -2.66. The number of hydrogen-bond donors (Lipinski definition) is 2. The quantitative estimate of drug-likeness (QED) is 0.296. The van der Waals surface area contributed by atoms with E-state index in [0.717, 1.165) is 12.8 Å². The Labute approximate surface area is 195 Å². The van der Waals surface area contributed by atoms with E-state index in [9.17, 15) is 19.2 Å². The number of carbonyl (C=O) groups is 4. The molecule has 0 saturated carbocycles. The van der Waals surface area contributed by atoms with E-state index in [4.69, 9.17) is 23.7 Å². The highest BCUT2D eigenvalue weighted by molar-refractivity contribution is 5.77. The van der Waals surface area contributed by atoms with E-state index in [1.807, 2.05) is 13.8 Å². The minimum absolute atomic E-state index is 0.0146. The molecule has 0 bridgehead atoms. The van der Waals surface area contributed by atoms with Gasteiger partial charge in [0.25, 0.3) is 0 Å². The number of unbranched alkanes of at least 4 members (excludes halogenated alkanes) is 2. The lowest BCUT2D eigenvalue weighted by molar-refractivity contribution is -0.324. The van der Waals surface area contributed by atoms with Crippen LogP contribution in [0.15, 0.2) is 0 Å². The van der Waals surface area contributed by atoms with Crippen LogP contribution < -0.4 is 10.6 Å². The van der Waals surface area contributed by atoms with Crippen molar-refractivity contribution in [3.8, 4) is 0 Å². The van der Waals surface area contributed by atoms with Crippen molar-refractivity contribution >= 4 is 23.8 Å². The van der Waals surface area contributed by atoms with Crippen LogP contribution in [0, 0.1) is 5.92 Å². The average Bonchev–Trinajstić information content (AvgIpc) is 2.70. The highest BCUT2D eigenvalue weighted by Crippen LogP contribution is 2.28. The van der Waals surface area contributed by atoms with Crippen molar-refractivity contribution in [2.75, 3.05) is 19.8 Å². The molecule has 2 amide bonds. The Morgan fingerprint density at radius 2 is 1.55 bits per heavy atom. The molecule has 0 aromatic heterocycles. The molecule has 33 heavy (non-hydrogen) atoms. The molecule has 11 nitrogen and oxygen atoms in total. The molecule has 0 spiro atoms. The van der Waals surface area contributed by atoms with Crippen LogP contribution in [0.3, 0.4) is 0 Å². The fraction of sp³-hybridized carbons (Fsp3) is 0.818. The minimum Gasteiger partial charge on any atom is -0.453 e. The maximum absolute atomic E-state index is 11.8. The normalized spacial score (nSPS) is 24.8. The van der Waals surface area contributed by atoms with Gasteiger partial charge in [-0.25, -0.2) is 0 Å². The van der Waals surface area contributed by atoms with Crippen LogP contribution in [-0.4, -0.2) is 74.3 Å². The fourth-order valence-electron chi connectivity index (χ4n) is 3.32. The molecule has 0 aromatic rings. The van der Waals surface area contributed by atoms with Gasteiger partial charge in [-0.2, -0.15) is 0 Å². The Morgan fingerprint density at radius 1 is 0.879 bits per heavy atom. The third-order valence-corrected chi connectivity index (χ3v) is 4.75. The van der Waals surface area contributed by atoms with Gasteiger partial charge in [0, 0.05) is 46.4 Å². The van der Waals surface area contributed by atoms with Crippen molar-refractivity contribution in [1.29, 1.82) is 0 Å². The molecule has 1 rings (SSSR count). The van der Waals surface area contributed by atoms with Crippen molar-refractivity contribution in [2.24, 2.45) is 5.92 Å². The van der Waals surface area contributed by atoms with Gasteiger partial charge >= 0.3 is 11.9 Å². The van der Waals surface area contributed by atoms with Gasteiger partial charge in [0.05, 0.1) is 0 Å². The largest absolute Gasteiger partial charge is 0.453 e. The molecule has 11 heteroatoms. The second kappa shape index (κ2) is 14.8. The predicted molar refractivity (Wildman–Crippen MR) is 117 cm³/mol. The summed E-state index contributed by atoms with van der Waals surface area (Å²) in [7, 11) is 0. The van der Waals surface area contributed by atoms with Crippen molar-refractivity contribution in [3.63, 3.8) is 0 Å². The molecule has 0 aromatic carbocycles. The predicted octanol–water partition coefficient (Wildman–Crippen LogP) is 1.03. The number of hydrogen-bond acceptors (Lipinski definition) is 9. The molecule has 1 heterocycles. The molecular formula is C22H38N2O9. The second-order valence-electron chi connectivity index (χ2n) is 8.08. The number of rotatable bonds is 13. The Kier molecular flexibility index (Phi) is 12.9. The number of nitrogens with one attached hydrogen (secondary N) is 2. The van der Waals surface area contributed by atoms with Crippen molar-refractivity contribution in [1.82, 2.24) is 10.6 Å².